The molecular weight excluding hydrogens is 310 g/mol. The average molecular weight is 356 g/mol. The van der Waals surface area contributed by atoms with Gasteiger partial charge in [-0.1, -0.05) is 103 Å². The molecule has 0 aliphatic rings. The molecule has 0 unspecified atom stereocenters. The molecule has 0 saturated heterocycles. The van der Waals surface area contributed by atoms with Crippen molar-refractivity contribution in [2.24, 2.45) is 5.73 Å². The fourth-order valence-corrected chi connectivity index (χ4v) is 3.00. The van der Waals surface area contributed by atoms with E-state index >= 15 is 0 Å². The monoisotopic (exact) mass is 355 g/mol. The van der Waals surface area contributed by atoms with E-state index in [1.54, 1.807) is 13.8 Å². The molecule has 3 heteroatoms. The Bertz CT molecular complexity index is 297. The van der Waals surface area contributed by atoms with Gasteiger partial charge in [-0.2, -0.15) is 0 Å². The van der Waals surface area contributed by atoms with Crippen LogP contribution in [0.4, 0.5) is 0 Å². The molecule has 0 bridgehead atoms. The molecule has 0 fully saturated rings. The predicted octanol–water partition coefficient (Wildman–Crippen LogP) is 6.53. The number of carbonyl (C=O) groups excluding carboxylic acids is 1. The van der Waals surface area contributed by atoms with Crippen LogP contribution in [0.5, 0.6) is 0 Å². The Kier molecular flexibility index (Phi) is 16.5. The molecule has 2 N–H and O–H groups in total. The Labute approximate surface area is 157 Å². The summed E-state index contributed by atoms with van der Waals surface area (Å²) in [6, 6.07) is 0. The normalized spacial score (nSPS) is 11.7. The van der Waals surface area contributed by atoms with Gasteiger partial charge in [-0.3, -0.25) is 4.79 Å². The quantitative estimate of drug-likeness (QED) is 0.225. The largest absolute Gasteiger partial charge is 0.464 e. The molecule has 0 aromatic heterocycles. The molecule has 25 heavy (non-hydrogen) atoms. The molecule has 0 aliphatic carbocycles. The van der Waals surface area contributed by atoms with Crippen molar-refractivity contribution in [3.8, 4) is 0 Å². The molecule has 150 valence electrons. The van der Waals surface area contributed by atoms with Gasteiger partial charge in [0, 0.05) is 0 Å². The molecule has 3 nitrogen and oxygen atoms in total. The van der Waals surface area contributed by atoms with Gasteiger partial charge in [0.15, 0.2) is 0 Å². The van der Waals surface area contributed by atoms with Crippen LogP contribution in [0.25, 0.3) is 0 Å². The van der Waals surface area contributed by atoms with Gasteiger partial charge >= 0.3 is 5.97 Å². The molecule has 0 rings (SSSR count). The van der Waals surface area contributed by atoms with Crippen molar-refractivity contribution in [3.05, 3.63) is 0 Å². The summed E-state index contributed by atoms with van der Waals surface area (Å²) in [4.78, 5) is 11.5. The van der Waals surface area contributed by atoms with E-state index in [1.807, 2.05) is 0 Å². The van der Waals surface area contributed by atoms with Gasteiger partial charge in [0.2, 0.25) is 0 Å². The van der Waals surface area contributed by atoms with Gasteiger partial charge in [-0.15, -0.1) is 0 Å². The first-order valence-corrected chi connectivity index (χ1v) is 10.9. The summed E-state index contributed by atoms with van der Waals surface area (Å²) < 4.78 is 5.16. The number of hydrogen-bond donors (Lipinski definition) is 1. The lowest BCUT2D eigenvalue weighted by atomic mass is 10.0. The fraction of sp³-hybridized carbons (Fsp3) is 0.955. The second-order valence-electron chi connectivity index (χ2n) is 8.16. The van der Waals surface area contributed by atoms with E-state index in [-0.39, 0.29) is 5.97 Å². The maximum atomic E-state index is 11.5. The van der Waals surface area contributed by atoms with Crippen molar-refractivity contribution in [2.45, 2.75) is 129 Å². The molecule has 0 saturated carbocycles. The Hall–Kier alpha value is -0.570. The lowest BCUT2D eigenvalue weighted by Gasteiger charge is -2.16. The molecule has 0 aromatic rings. The van der Waals surface area contributed by atoms with Crippen LogP contribution in [0.15, 0.2) is 0 Å². The maximum absolute atomic E-state index is 11.5. The Morgan fingerprint density at radius 1 is 0.680 bits per heavy atom. The molecular formula is C22H45NO2. The van der Waals surface area contributed by atoms with Gasteiger partial charge in [-0.05, 0) is 20.3 Å². The number of hydrogen-bond acceptors (Lipinski definition) is 3. The van der Waals surface area contributed by atoms with E-state index in [2.05, 4.69) is 6.92 Å². The average Bonchev–Trinajstić information content (AvgIpc) is 2.56. The highest BCUT2D eigenvalue weighted by Crippen LogP contribution is 2.13. The smallest absolute Gasteiger partial charge is 0.325 e. The van der Waals surface area contributed by atoms with Crippen LogP contribution in [-0.4, -0.2) is 18.1 Å². The van der Waals surface area contributed by atoms with E-state index in [0.717, 1.165) is 12.8 Å². The Morgan fingerprint density at radius 3 is 1.32 bits per heavy atom. The first-order valence-electron chi connectivity index (χ1n) is 10.9. The van der Waals surface area contributed by atoms with Crippen molar-refractivity contribution in [1.82, 2.24) is 0 Å². The van der Waals surface area contributed by atoms with Gasteiger partial charge in [0.25, 0.3) is 0 Å². The maximum Gasteiger partial charge on any atom is 0.325 e. The van der Waals surface area contributed by atoms with Gasteiger partial charge < -0.3 is 10.5 Å². The molecule has 0 amide bonds. The highest BCUT2D eigenvalue weighted by Gasteiger charge is 2.23. The Balaban J connectivity index is 3.11. The standard InChI is InChI=1S/C22H45NO2/c1-4-5-6-7-8-9-10-11-12-13-14-15-16-17-18-19-20-25-21(24)22(2,3)23/h4-20,23H2,1-3H3. The summed E-state index contributed by atoms with van der Waals surface area (Å²) >= 11 is 0. The number of unbranched alkanes of at least 4 members (excludes halogenated alkanes) is 15. The summed E-state index contributed by atoms with van der Waals surface area (Å²) in [5.41, 5.74) is 4.81. The minimum Gasteiger partial charge on any atom is -0.464 e. The molecule has 0 spiro atoms. The summed E-state index contributed by atoms with van der Waals surface area (Å²) in [6.45, 7) is 6.16. The lowest BCUT2D eigenvalue weighted by molar-refractivity contribution is -0.148. The second kappa shape index (κ2) is 16.9. The van der Waals surface area contributed by atoms with Gasteiger partial charge in [0.05, 0.1) is 6.61 Å². The number of rotatable bonds is 18. The van der Waals surface area contributed by atoms with Crippen LogP contribution in [-0.2, 0) is 9.53 Å². The third kappa shape index (κ3) is 18.0. The second-order valence-corrected chi connectivity index (χ2v) is 8.16. The van der Waals surface area contributed by atoms with Crippen LogP contribution in [0.2, 0.25) is 0 Å². The van der Waals surface area contributed by atoms with Crippen molar-refractivity contribution < 1.29 is 9.53 Å². The van der Waals surface area contributed by atoms with Crippen LogP contribution < -0.4 is 5.73 Å². The van der Waals surface area contributed by atoms with Crippen molar-refractivity contribution in [3.63, 3.8) is 0 Å². The van der Waals surface area contributed by atoms with Crippen LogP contribution >= 0.6 is 0 Å². The molecule has 0 aromatic carbocycles. The zero-order valence-corrected chi connectivity index (χ0v) is 17.4. The highest BCUT2D eigenvalue weighted by atomic mass is 16.5. The molecule has 0 heterocycles. The van der Waals surface area contributed by atoms with Crippen LogP contribution in [0, 0.1) is 0 Å². The van der Waals surface area contributed by atoms with E-state index in [0.29, 0.717) is 6.61 Å². The van der Waals surface area contributed by atoms with Gasteiger partial charge in [0.1, 0.15) is 5.54 Å². The number of nitrogens with two attached hydrogens (primary N) is 1. The summed E-state index contributed by atoms with van der Waals surface area (Å²) in [7, 11) is 0. The van der Waals surface area contributed by atoms with Crippen molar-refractivity contribution in [2.75, 3.05) is 6.61 Å². The third-order valence-electron chi connectivity index (χ3n) is 4.76. The van der Waals surface area contributed by atoms with E-state index in [9.17, 15) is 4.79 Å². The topological polar surface area (TPSA) is 52.3 Å². The molecule has 0 radical (unpaired) electrons. The first kappa shape index (κ1) is 24.4. The number of carbonyl (C=O) groups is 1. The minimum absolute atomic E-state index is 0.298. The summed E-state index contributed by atoms with van der Waals surface area (Å²) in [5.74, 6) is -0.298. The predicted molar refractivity (Wildman–Crippen MR) is 109 cm³/mol. The zero-order valence-electron chi connectivity index (χ0n) is 17.4. The highest BCUT2D eigenvalue weighted by molar-refractivity contribution is 5.79. The zero-order chi connectivity index (χ0) is 18.8. The van der Waals surface area contributed by atoms with E-state index < -0.39 is 5.54 Å². The summed E-state index contributed by atoms with van der Waals surface area (Å²) in [5, 5.41) is 0. The van der Waals surface area contributed by atoms with Crippen molar-refractivity contribution in [1.29, 1.82) is 0 Å². The molecule has 0 aliphatic heterocycles. The van der Waals surface area contributed by atoms with Crippen LogP contribution in [0.3, 0.4) is 0 Å². The Morgan fingerprint density at radius 2 is 1.00 bits per heavy atom. The van der Waals surface area contributed by atoms with Crippen molar-refractivity contribution >= 4 is 5.97 Å². The third-order valence-corrected chi connectivity index (χ3v) is 4.76. The number of esters is 1. The lowest BCUT2D eigenvalue weighted by Crippen LogP contribution is -2.42. The fourth-order valence-electron chi connectivity index (χ4n) is 3.00. The SMILES string of the molecule is CCCCCCCCCCCCCCCCCCOC(=O)C(C)(C)N. The summed E-state index contributed by atoms with van der Waals surface area (Å²) in [6.07, 6.45) is 21.6. The number of ether oxygens (including phenoxy) is 1. The minimum atomic E-state index is -0.866. The van der Waals surface area contributed by atoms with E-state index in [4.69, 9.17) is 10.5 Å². The van der Waals surface area contributed by atoms with Crippen LogP contribution in [0.1, 0.15) is 124 Å². The first-order chi connectivity index (χ1) is 12.0. The van der Waals surface area contributed by atoms with Gasteiger partial charge in [-0.25, -0.2) is 0 Å². The van der Waals surface area contributed by atoms with E-state index in [1.165, 1.54) is 89.9 Å². The molecule has 0 atom stereocenters.